The van der Waals surface area contributed by atoms with Gasteiger partial charge in [0, 0.05) is 50.3 Å². The highest BCUT2D eigenvalue weighted by atomic mass is 16.2. The third-order valence-electron chi connectivity index (χ3n) is 6.04. The predicted octanol–water partition coefficient (Wildman–Crippen LogP) is 2.53. The second kappa shape index (κ2) is 7.33. The Morgan fingerprint density at radius 2 is 2.04 bits per heavy atom. The molecule has 3 aromatic heterocycles. The van der Waals surface area contributed by atoms with Crippen molar-refractivity contribution in [3.8, 4) is 0 Å². The zero-order valence-electron chi connectivity index (χ0n) is 15.9. The molecule has 0 radical (unpaired) electrons. The molecular formula is C20H25N7O. The lowest BCUT2D eigenvalue weighted by Crippen LogP contribution is -2.41. The number of carbonyl (C=O) groups excluding carboxylic acids is 1. The molecule has 2 fully saturated rings. The number of likely N-dealkylation sites (tertiary alicyclic amines) is 1. The van der Waals surface area contributed by atoms with Gasteiger partial charge in [-0.1, -0.05) is 18.1 Å². The molecule has 1 atom stereocenters. The molecule has 28 heavy (non-hydrogen) atoms. The van der Waals surface area contributed by atoms with Gasteiger partial charge in [-0.2, -0.15) is 0 Å². The van der Waals surface area contributed by atoms with Crippen LogP contribution in [0.25, 0.3) is 5.78 Å². The van der Waals surface area contributed by atoms with Gasteiger partial charge in [0.05, 0.1) is 5.69 Å². The lowest BCUT2D eigenvalue weighted by atomic mass is 9.97. The van der Waals surface area contributed by atoms with E-state index in [1.54, 1.807) is 16.8 Å². The quantitative estimate of drug-likeness (QED) is 0.696. The lowest BCUT2D eigenvalue weighted by molar-refractivity contribution is 0.0654. The first-order chi connectivity index (χ1) is 13.8. The Morgan fingerprint density at radius 1 is 1.14 bits per heavy atom. The normalized spacial score (nSPS) is 20.9. The van der Waals surface area contributed by atoms with E-state index >= 15 is 0 Å². The van der Waals surface area contributed by atoms with Gasteiger partial charge in [0.15, 0.2) is 0 Å². The maximum Gasteiger partial charge on any atom is 0.274 e. The van der Waals surface area contributed by atoms with Crippen molar-refractivity contribution in [1.29, 1.82) is 0 Å². The van der Waals surface area contributed by atoms with Crippen molar-refractivity contribution < 1.29 is 4.79 Å². The van der Waals surface area contributed by atoms with Crippen LogP contribution in [0.1, 0.15) is 60.6 Å². The largest absolute Gasteiger partial charge is 0.337 e. The first-order valence-corrected chi connectivity index (χ1v) is 10.3. The molecule has 1 aliphatic heterocycles. The highest BCUT2D eigenvalue weighted by Gasteiger charge is 2.27. The van der Waals surface area contributed by atoms with Gasteiger partial charge < -0.3 is 4.90 Å². The van der Waals surface area contributed by atoms with Crippen molar-refractivity contribution in [2.24, 2.45) is 5.92 Å². The van der Waals surface area contributed by atoms with Crippen LogP contribution in [0.15, 0.2) is 30.9 Å². The molecule has 1 amide bonds. The number of amides is 1. The van der Waals surface area contributed by atoms with Crippen molar-refractivity contribution in [3.63, 3.8) is 0 Å². The van der Waals surface area contributed by atoms with Crippen LogP contribution in [0.2, 0.25) is 0 Å². The van der Waals surface area contributed by atoms with Gasteiger partial charge in [-0.3, -0.25) is 13.9 Å². The summed E-state index contributed by atoms with van der Waals surface area (Å²) in [6.45, 7) is 2.33. The topological polar surface area (TPSA) is 81.2 Å². The van der Waals surface area contributed by atoms with Crippen LogP contribution >= 0.6 is 0 Å². The molecular weight excluding hydrogens is 354 g/mol. The zero-order valence-corrected chi connectivity index (χ0v) is 15.9. The van der Waals surface area contributed by atoms with E-state index in [0.29, 0.717) is 23.3 Å². The first kappa shape index (κ1) is 17.3. The molecule has 3 aromatic rings. The van der Waals surface area contributed by atoms with Crippen LogP contribution in [0.4, 0.5) is 0 Å². The summed E-state index contributed by atoms with van der Waals surface area (Å²) in [7, 11) is 0. The fourth-order valence-corrected chi connectivity index (χ4v) is 4.57. The molecule has 1 saturated carbocycles. The SMILES string of the molecule is O=C(c1cn2cccnc2n1)N1CCC[C@@H](Cn2cc(C3CCCC3)nn2)C1. The van der Waals surface area contributed by atoms with Crippen molar-refractivity contribution in [2.45, 2.75) is 51.0 Å². The molecule has 146 valence electrons. The summed E-state index contributed by atoms with van der Waals surface area (Å²) in [4.78, 5) is 23.4. The molecule has 0 unspecified atom stereocenters. The fourth-order valence-electron chi connectivity index (χ4n) is 4.57. The third kappa shape index (κ3) is 3.39. The van der Waals surface area contributed by atoms with Crippen LogP contribution in [0.5, 0.6) is 0 Å². The van der Waals surface area contributed by atoms with Crippen LogP contribution in [0.3, 0.4) is 0 Å². The highest BCUT2D eigenvalue weighted by molar-refractivity contribution is 5.92. The number of carbonyl (C=O) groups is 1. The molecule has 8 heteroatoms. The maximum atomic E-state index is 12.9. The standard InChI is InChI=1S/C20H25N7O/c28-19(18-13-26-10-4-8-21-20(26)22-18)25-9-3-5-15(11-25)12-27-14-17(23-24-27)16-6-1-2-7-16/h4,8,10,13-16H,1-3,5-7,9,11-12H2/t15-/m1/s1. The Labute approximate surface area is 163 Å². The highest BCUT2D eigenvalue weighted by Crippen LogP contribution is 2.32. The molecule has 0 spiro atoms. The van der Waals surface area contributed by atoms with E-state index in [4.69, 9.17) is 0 Å². The van der Waals surface area contributed by atoms with E-state index in [1.807, 2.05) is 21.8 Å². The smallest absolute Gasteiger partial charge is 0.274 e. The van der Waals surface area contributed by atoms with E-state index in [9.17, 15) is 4.79 Å². The average molecular weight is 379 g/mol. The molecule has 2 aliphatic rings. The maximum absolute atomic E-state index is 12.9. The van der Waals surface area contributed by atoms with Crippen molar-refractivity contribution in [2.75, 3.05) is 13.1 Å². The minimum Gasteiger partial charge on any atom is -0.337 e. The van der Waals surface area contributed by atoms with Crippen molar-refractivity contribution in [1.82, 2.24) is 34.3 Å². The summed E-state index contributed by atoms with van der Waals surface area (Å²) in [6, 6.07) is 1.83. The van der Waals surface area contributed by atoms with Crippen molar-refractivity contribution in [3.05, 3.63) is 42.2 Å². The van der Waals surface area contributed by atoms with E-state index in [0.717, 1.165) is 38.2 Å². The number of hydrogen-bond acceptors (Lipinski definition) is 5. The summed E-state index contributed by atoms with van der Waals surface area (Å²) < 4.78 is 3.76. The number of nitrogens with zero attached hydrogens (tertiary/aromatic N) is 7. The number of aromatic nitrogens is 6. The Morgan fingerprint density at radius 3 is 2.89 bits per heavy atom. The van der Waals surface area contributed by atoms with Gasteiger partial charge >= 0.3 is 0 Å². The second-order valence-electron chi connectivity index (χ2n) is 8.06. The van der Waals surface area contributed by atoms with Gasteiger partial charge in [0.2, 0.25) is 5.78 Å². The van der Waals surface area contributed by atoms with E-state index in [2.05, 4.69) is 26.5 Å². The number of fused-ring (bicyclic) bond motifs is 1. The minimum absolute atomic E-state index is 0.0135. The Bertz CT molecular complexity index is 939. The summed E-state index contributed by atoms with van der Waals surface area (Å²) in [5.74, 6) is 1.52. The monoisotopic (exact) mass is 379 g/mol. The van der Waals surface area contributed by atoms with Gasteiger partial charge in [0.25, 0.3) is 5.91 Å². The third-order valence-corrected chi connectivity index (χ3v) is 6.04. The predicted molar refractivity (Wildman–Crippen MR) is 103 cm³/mol. The summed E-state index contributed by atoms with van der Waals surface area (Å²) >= 11 is 0. The van der Waals surface area contributed by atoms with E-state index in [1.165, 1.54) is 25.7 Å². The first-order valence-electron chi connectivity index (χ1n) is 10.3. The number of piperidine rings is 1. The molecule has 1 aliphatic carbocycles. The number of hydrogen-bond donors (Lipinski definition) is 0. The summed E-state index contributed by atoms with van der Waals surface area (Å²) in [5.41, 5.74) is 1.60. The lowest BCUT2D eigenvalue weighted by Gasteiger charge is -2.32. The van der Waals surface area contributed by atoms with Crippen LogP contribution < -0.4 is 0 Å². The molecule has 0 N–H and O–H groups in total. The molecule has 1 saturated heterocycles. The van der Waals surface area contributed by atoms with E-state index < -0.39 is 0 Å². The van der Waals surface area contributed by atoms with Gasteiger partial charge in [0.1, 0.15) is 5.69 Å². The molecule has 5 rings (SSSR count). The van der Waals surface area contributed by atoms with Gasteiger partial charge in [-0.25, -0.2) is 9.97 Å². The fraction of sp³-hybridized carbons (Fsp3) is 0.550. The molecule has 0 aromatic carbocycles. The Hall–Kier alpha value is -2.77. The zero-order chi connectivity index (χ0) is 18.9. The molecule has 0 bridgehead atoms. The Kier molecular flexibility index (Phi) is 4.54. The van der Waals surface area contributed by atoms with Crippen LogP contribution in [-0.4, -0.2) is 53.3 Å². The van der Waals surface area contributed by atoms with Crippen LogP contribution in [-0.2, 0) is 6.54 Å². The van der Waals surface area contributed by atoms with E-state index in [-0.39, 0.29) is 5.91 Å². The van der Waals surface area contributed by atoms with Gasteiger partial charge in [-0.05, 0) is 37.7 Å². The second-order valence-corrected chi connectivity index (χ2v) is 8.06. The minimum atomic E-state index is -0.0135. The summed E-state index contributed by atoms with van der Waals surface area (Å²) in [5, 5.41) is 8.75. The molecule has 4 heterocycles. The van der Waals surface area contributed by atoms with Crippen molar-refractivity contribution >= 4 is 11.7 Å². The summed E-state index contributed by atoms with van der Waals surface area (Å²) in [6.07, 6.45) is 14.6. The number of imidazole rings is 1. The van der Waals surface area contributed by atoms with Gasteiger partial charge in [-0.15, -0.1) is 5.10 Å². The average Bonchev–Trinajstić information content (AvgIpc) is 3.47. The number of rotatable bonds is 4. The molecule has 8 nitrogen and oxygen atoms in total. The Balaban J connectivity index is 1.25. The van der Waals surface area contributed by atoms with Crippen LogP contribution in [0, 0.1) is 5.92 Å².